The van der Waals surface area contributed by atoms with Crippen molar-refractivity contribution >= 4 is 22.7 Å². The number of amides is 1. The van der Waals surface area contributed by atoms with Crippen LogP contribution in [-0.4, -0.2) is 46.7 Å². The first-order valence-electron chi connectivity index (χ1n) is 8.48. The van der Waals surface area contributed by atoms with Crippen LogP contribution in [0.25, 0.3) is 11.0 Å². The first kappa shape index (κ1) is 15.3. The van der Waals surface area contributed by atoms with E-state index in [2.05, 4.69) is 22.1 Å². The number of fused-ring (bicyclic) bond motifs is 4. The van der Waals surface area contributed by atoms with Gasteiger partial charge in [-0.2, -0.15) is 0 Å². The SMILES string of the molecule is CC(=O)c1cc2cnc(C(=O)NC3C4CCN(CC4)C3C)cc2o1. The molecule has 24 heavy (non-hydrogen) atoms. The van der Waals surface area contributed by atoms with Gasteiger partial charge in [-0.3, -0.25) is 19.5 Å². The number of carbonyl (C=O) groups excluding carboxylic acids is 2. The Morgan fingerprint density at radius 2 is 2.04 bits per heavy atom. The lowest BCUT2D eigenvalue weighted by atomic mass is 9.79. The van der Waals surface area contributed by atoms with Gasteiger partial charge < -0.3 is 9.73 Å². The van der Waals surface area contributed by atoms with Gasteiger partial charge in [-0.1, -0.05) is 0 Å². The van der Waals surface area contributed by atoms with E-state index in [4.69, 9.17) is 4.42 Å². The van der Waals surface area contributed by atoms with E-state index in [9.17, 15) is 9.59 Å². The fourth-order valence-corrected chi connectivity index (χ4v) is 4.00. The van der Waals surface area contributed by atoms with Crippen molar-refractivity contribution in [1.29, 1.82) is 0 Å². The summed E-state index contributed by atoms with van der Waals surface area (Å²) < 4.78 is 5.50. The smallest absolute Gasteiger partial charge is 0.270 e. The van der Waals surface area contributed by atoms with Crippen LogP contribution in [0.2, 0.25) is 0 Å². The number of nitrogens with zero attached hydrogens (tertiary/aromatic N) is 2. The summed E-state index contributed by atoms with van der Waals surface area (Å²) in [7, 11) is 0. The molecule has 2 bridgehead atoms. The van der Waals surface area contributed by atoms with E-state index >= 15 is 0 Å². The number of ketones is 1. The standard InChI is InChI=1S/C18H21N3O3/c1-10-17(12-3-5-21(10)6-4-12)20-18(23)14-8-16-13(9-19-14)7-15(24-16)11(2)22/h7-10,12,17H,3-6H2,1-2H3,(H,20,23). The Morgan fingerprint density at radius 3 is 2.71 bits per heavy atom. The highest BCUT2D eigenvalue weighted by molar-refractivity contribution is 5.98. The summed E-state index contributed by atoms with van der Waals surface area (Å²) in [6.45, 7) is 5.89. The molecule has 0 radical (unpaired) electrons. The third-order valence-electron chi connectivity index (χ3n) is 5.46. The molecule has 0 spiro atoms. The highest BCUT2D eigenvalue weighted by atomic mass is 16.3. The number of pyridine rings is 1. The second-order valence-electron chi connectivity index (χ2n) is 6.89. The molecule has 1 N–H and O–H groups in total. The molecule has 5 rings (SSSR count). The first-order chi connectivity index (χ1) is 11.5. The van der Waals surface area contributed by atoms with Crippen LogP contribution in [0.5, 0.6) is 0 Å². The molecule has 126 valence electrons. The summed E-state index contributed by atoms with van der Waals surface area (Å²) >= 11 is 0. The van der Waals surface area contributed by atoms with Crippen molar-refractivity contribution in [3.05, 3.63) is 29.8 Å². The predicted molar refractivity (Wildman–Crippen MR) is 89.0 cm³/mol. The van der Waals surface area contributed by atoms with Crippen LogP contribution in [0.1, 0.15) is 47.7 Å². The minimum Gasteiger partial charge on any atom is -0.453 e. The average molecular weight is 327 g/mol. The molecule has 1 amide bonds. The van der Waals surface area contributed by atoms with E-state index in [1.165, 1.54) is 6.92 Å². The fraction of sp³-hybridized carbons (Fsp3) is 0.500. The summed E-state index contributed by atoms with van der Waals surface area (Å²) in [6.07, 6.45) is 3.87. The number of hydrogen-bond donors (Lipinski definition) is 1. The maximum absolute atomic E-state index is 12.6. The Labute approximate surface area is 140 Å². The molecule has 2 aromatic heterocycles. The molecule has 3 saturated heterocycles. The molecule has 6 heteroatoms. The number of furan rings is 1. The monoisotopic (exact) mass is 327 g/mol. The van der Waals surface area contributed by atoms with Crippen LogP contribution in [0.15, 0.2) is 22.7 Å². The predicted octanol–water partition coefficient (Wildman–Crippen LogP) is 2.24. The Morgan fingerprint density at radius 1 is 1.29 bits per heavy atom. The number of nitrogens with one attached hydrogen (secondary N) is 1. The number of aromatic nitrogens is 1. The van der Waals surface area contributed by atoms with Crippen LogP contribution in [0, 0.1) is 5.92 Å². The van der Waals surface area contributed by atoms with Gasteiger partial charge in [0.15, 0.2) is 11.5 Å². The molecule has 5 heterocycles. The van der Waals surface area contributed by atoms with Gasteiger partial charge >= 0.3 is 0 Å². The van der Waals surface area contributed by atoms with Crippen molar-refractivity contribution in [2.45, 2.75) is 38.8 Å². The van der Waals surface area contributed by atoms with Crippen molar-refractivity contribution in [1.82, 2.24) is 15.2 Å². The Bertz CT molecular complexity index is 803. The van der Waals surface area contributed by atoms with Gasteiger partial charge in [0.1, 0.15) is 11.3 Å². The van der Waals surface area contributed by atoms with Crippen LogP contribution in [-0.2, 0) is 0 Å². The lowest BCUT2D eigenvalue weighted by Crippen LogP contribution is -2.62. The number of carbonyl (C=O) groups is 2. The minimum atomic E-state index is -0.178. The van der Waals surface area contributed by atoms with E-state index in [0.717, 1.165) is 31.3 Å². The van der Waals surface area contributed by atoms with E-state index in [-0.39, 0.29) is 23.5 Å². The number of Topliss-reactive ketones (excluding diaryl/α,β-unsaturated/α-hetero) is 1. The maximum Gasteiger partial charge on any atom is 0.270 e. The zero-order valence-electron chi connectivity index (χ0n) is 13.9. The van der Waals surface area contributed by atoms with Gasteiger partial charge in [0.05, 0.1) is 0 Å². The van der Waals surface area contributed by atoms with Crippen molar-refractivity contribution in [2.75, 3.05) is 13.1 Å². The number of hydrogen-bond acceptors (Lipinski definition) is 5. The van der Waals surface area contributed by atoms with Crippen LogP contribution in [0.4, 0.5) is 0 Å². The lowest BCUT2D eigenvalue weighted by Gasteiger charge is -2.49. The molecule has 0 saturated carbocycles. The molecule has 2 unspecified atom stereocenters. The van der Waals surface area contributed by atoms with Crippen LogP contribution in [0.3, 0.4) is 0 Å². The summed E-state index contributed by atoms with van der Waals surface area (Å²) in [5.41, 5.74) is 0.845. The van der Waals surface area contributed by atoms with Gasteiger partial charge in [-0.15, -0.1) is 0 Å². The minimum absolute atomic E-state index is 0.140. The van der Waals surface area contributed by atoms with E-state index < -0.39 is 0 Å². The normalized spacial score (nSPS) is 28.9. The van der Waals surface area contributed by atoms with Crippen LogP contribution < -0.4 is 5.32 Å². The van der Waals surface area contributed by atoms with Crippen molar-refractivity contribution in [3.8, 4) is 0 Å². The highest BCUT2D eigenvalue weighted by Gasteiger charge is 2.40. The number of rotatable bonds is 3. The second kappa shape index (κ2) is 5.70. The second-order valence-corrected chi connectivity index (χ2v) is 6.89. The molecule has 3 fully saturated rings. The Hall–Kier alpha value is -2.21. The molecule has 6 nitrogen and oxygen atoms in total. The molecular formula is C18H21N3O3. The van der Waals surface area contributed by atoms with Crippen molar-refractivity contribution < 1.29 is 14.0 Å². The number of piperidine rings is 3. The molecule has 3 aliphatic heterocycles. The van der Waals surface area contributed by atoms with E-state index in [1.807, 2.05) is 0 Å². The highest BCUT2D eigenvalue weighted by Crippen LogP contribution is 2.32. The zero-order valence-corrected chi connectivity index (χ0v) is 13.9. The topological polar surface area (TPSA) is 75.4 Å². The summed E-state index contributed by atoms with van der Waals surface area (Å²) in [6, 6.07) is 3.80. The molecular weight excluding hydrogens is 306 g/mol. The van der Waals surface area contributed by atoms with Gasteiger partial charge in [-0.25, -0.2) is 0 Å². The first-order valence-corrected chi connectivity index (χ1v) is 8.48. The Kier molecular flexibility index (Phi) is 3.64. The van der Waals surface area contributed by atoms with Gasteiger partial charge in [0, 0.05) is 36.7 Å². The molecule has 0 aliphatic carbocycles. The summed E-state index contributed by atoms with van der Waals surface area (Å²) in [5.74, 6) is 0.516. The molecule has 2 aromatic rings. The van der Waals surface area contributed by atoms with Crippen LogP contribution >= 0.6 is 0 Å². The lowest BCUT2D eigenvalue weighted by molar-refractivity contribution is 0.0216. The Balaban J connectivity index is 1.56. The fourth-order valence-electron chi connectivity index (χ4n) is 4.00. The third kappa shape index (κ3) is 2.51. The maximum atomic E-state index is 12.6. The molecule has 2 atom stereocenters. The van der Waals surface area contributed by atoms with Gasteiger partial charge in [-0.05, 0) is 44.8 Å². The van der Waals surface area contributed by atoms with E-state index in [1.54, 1.807) is 18.3 Å². The zero-order chi connectivity index (χ0) is 16.8. The average Bonchev–Trinajstić information content (AvgIpc) is 3.02. The van der Waals surface area contributed by atoms with Crippen molar-refractivity contribution in [3.63, 3.8) is 0 Å². The van der Waals surface area contributed by atoms with E-state index in [0.29, 0.717) is 23.2 Å². The largest absolute Gasteiger partial charge is 0.453 e. The summed E-state index contributed by atoms with van der Waals surface area (Å²) in [5, 5.41) is 3.89. The summed E-state index contributed by atoms with van der Waals surface area (Å²) in [4.78, 5) is 30.7. The van der Waals surface area contributed by atoms with Gasteiger partial charge in [0.2, 0.25) is 0 Å². The molecule has 0 aromatic carbocycles. The third-order valence-corrected chi connectivity index (χ3v) is 5.46. The quantitative estimate of drug-likeness (QED) is 0.875. The molecule has 3 aliphatic rings. The van der Waals surface area contributed by atoms with Crippen molar-refractivity contribution in [2.24, 2.45) is 5.92 Å². The van der Waals surface area contributed by atoms with Gasteiger partial charge in [0.25, 0.3) is 5.91 Å².